The van der Waals surface area contributed by atoms with E-state index in [1.807, 2.05) is 26.0 Å². The van der Waals surface area contributed by atoms with Crippen molar-refractivity contribution in [1.29, 1.82) is 0 Å². The van der Waals surface area contributed by atoms with Crippen LogP contribution in [0.3, 0.4) is 0 Å². The monoisotopic (exact) mass is 282 g/mol. The molecule has 1 saturated heterocycles. The van der Waals surface area contributed by atoms with Crippen molar-refractivity contribution in [2.75, 3.05) is 6.54 Å². The zero-order chi connectivity index (χ0) is 14.0. The largest absolute Gasteiger partial charge is 0.314 e. The molecule has 0 amide bonds. The van der Waals surface area contributed by atoms with Crippen LogP contribution in [0, 0.1) is 13.8 Å². The number of nitrogens with one attached hydrogen (secondary N) is 2. The molecular weight excluding hydrogens is 260 g/mol. The van der Waals surface area contributed by atoms with E-state index >= 15 is 0 Å². The van der Waals surface area contributed by atoms with Gasteiger partial charge in [0.05, 0.1) is 4.90 Å². The summed E-state index contributed by atoms with van der Waals surface area (Å²) in [7, 11) is -3.41. The highest BCUT2D eigenvalue weighted by molar-refractivity contribution is 7.89. The van der Waals surface area contributed by atoms with Gasteiger partial charge < -0.3 is 5.32 Å². The van der Waals surface area contributed by atoms with Gasteiger partial charge >= 0.3 is 0 Å². The summed E-state index contributed by atoms with van der Waals surface area (Å²) in [5.41, 5.74) is 1.75. The first-order chi connectivity index (χ1) is 8.88. The third kappa shape index (κ3) is 3.55. The Balaban J connectivity index is 2.20. The number of piperidine rings is 1. The average molecular weight is 282 g/mol. The van der Waals surface area contributed by atoms with Crippen molar-refractivity contribution in [3.63, 3.8) is 0 Å². The summed E-state index contributed by atoms with van der Waals surface area (Å²) in [6, 6.07) is 5.92. The normalized spacial score (nSPS) is 24.4. The standard InChI is InChI=1S/C14H22N2O2S/c1-10-4-5-11(2)14(8-10)19(17,18)16-13-6-7-15-12(3)9-13/h4-5,8,12-13,15-16H,6-7,9H2,1-3H3. The minimum atomic E-state index is -3.41. The van der Waals surface area contributed by atoms with E-state index in [1.54, 1.807) is 6.07 Å². The first-order valence-electron chi connectivity index (χ1n) is 6.71. The number of rotatable bonds is 3. The molecule has 2 rings (SSSR count). The van der Waals surface area contributed by atoms with Crippen molar-refractivity contribution in [2.24, 2.45) is 0 Å². The molecule has 1 aromatic rings. The van der Waals surface area contributed by atoms with E-state index in [2.05, 4.69) is 17.0 Å². The molecule has 0 bridgehead atoms. The molecular formula is C14H22N2O2S. The quantitative estimate of drug-likeness (QED) is 0.887. The van der Waals surface area contributed by atoms with Crippen LogP contribution in [0.5, 0.6) is 0 Å². The Hall–Kier alpha value is -0.910. The molecule has 0 saturated carbocycles. The van der Waals surface area contributed by atoms with Gasteiger partial charge in [-0.25, -0.2) is 13.1 Å². The van der Waals surface area contributed by atoms with Gasteiger partial charge in [-0.1, -0.05) is 12.1 Å². The Bertz CT molecular complexity index is 555. The molecule has 5 heteroatoms. The molecule has 4 nitrogen and oxygen atoms in total. The van der Waals surface area contributed by atoms with Crippen LogP contribution >= 0.6 is 0 Å². The molecule has 0 radical (unpaired) electrons. The second-order valence-corrected chi connectivity index (χ2v) is 7.15. The highest BCUT2D eigenvalue weighted by Gasteiger charge is 2.25. The van der Waals surface area contributed by atoms with Gasteiger partial charge in [-0.2, -0.15) is 0 Å². The molecule has 19 heavy (non-hydrogen) atoms. The van der Waals surface area contributed by atoms with Crippen LogP contribution in [0.25, 0.3) is 0 Å². The first-order valence-corrected chi connectivity index (χ1v) is 8.20. The predicted octanol–water partition coefficient (Wildman–Crippen LogP) is 1.72. The Morgan fingerprint density at radius 2 is 2.05 bits per heavy atom. The number of benzene rings is 1. The molecule has 1 heterocycles. The van der Waals surface area contributed by atoms with E-state index in [9.17, 15) is 8.42 Å². The maximum atomic E-state index is 12.4. The SMILES string of the molecule is Cc1ccc(C)c(S(=O)(=O)NC2CCNC(C)C2)c1. The van der Waals surface area contributed by atoms with Crippen molar-refractivity contribution in [2.45, 2.75) is 50.6 Å². The molecule has 1 aliphatic heterocycles. The minimum absolute atomic E-state index is 0.0289. The number of hydrogen-bond acceptors (Lipinski definition) is 3. The van der Waals surface area contributed by atoms with Gasteiger partial charge in [-0.3, -0.25) is 0 Å². The molecule has 2 atom stereocenters. The molecule has 0 aliphatic carbocycles. The summed E-state index contributed by atoms with van der Waals surface area (Å²) < 4.78 is 27.7. The second kappa shape index (κ2) is 5.61. The van der Waals surface area contributed by atoms with Crippen LogP contribution in [0.2, 0.25) is 0 Å². The van der Waals surface area contributed by atoms with E-state index in [0.29, 0.717) is 10.9 Å². The predicted molar refractivity (Wildman–Crippen MR) is 76.7 cm³/mol. The lowest BCUT2D eigenvalue weighted by atomic mass is 10.0. The van der Waals surface area contributed by atoms with Gasteiger partial charge in [0.15, 0.2) is 0 Å². The third-order valence-corrected chi connectivity index (χ3v) is 5.24. The summed E-state index contributed by atoms with van der Waals surface area (Å²) in [6.07, 6.45) is 1.68. The lowest BCUT2D eigenvalue weighted by Crippen LogP contribution is -2.46. The molecule has 2 unspecified atom stereocenters. The molecule has 1 fully saturated rings. The van der Waals surface area contributed by atoms with Crippen LogP contribution in [0.15, 0.2) is 23.1 Å². The molecule has 0 aromatic heterocycles. The van der Waals surface area contributed by atoms with E-state index in [0.717, 1.165) is 30.5 Å². The Labute approximate surface area is 115 Å². The van der Waals surface area contributed by atoms with Crippen LogP contribution in [-0.2, 0) is 10.0 Å². The van der Waals surface area contributed by atoms with E-state index in [4.69, 9.17) is 0 Å². The summed E-state index contributed by atoms with van der Waals surface area (Å²) in [6.45, 7) is 6.68. The molecule has 106 valence electrons. The van der Waals surface area contributed by atoms with E-state index in [1.165, 1.54) is 0 Å². The van der Waals surface area contributed by atoms with Crippen molar-refractivity contribution in [3.8, 4) is 0 Å². The van der Waals surface area contributed by atoms with Gasteiger partial charge in [0, 0.05) is 12.1 Å². The highest BCUT2D eigenvalue weighted by Crippen LogP contribution is 2.19. The van der Waals surface area contributed by atoms with Gasteiger partial charge in [0.1, 0.15) is 0 Å². The second-order valence-electron chi connectivity index (χ2n) is 5.47. The van der Waals surface area contributed by atoms with Crippen molar-refractivity contribution >= 4 is 10.0 Å². The van der Waals surface area contributed by atoms with Crippen molar-refractivity contribution < 1.29 is 8.42 Å². The minimum Gasteiger partial charge on any atom is -0.314 e. The Morgan fingerprint density at radius 1 is 1.32 bits per heavy atom. The van der Waals surface area contributed by atoms with Gasteiger partial charge in [-0.15, -0.1) is 0 Å². The fraction of sp³-hybridized carbons (Fsp3) is 0.571. The van der Waals surface area contributed by atoms with Crippen LogP contribution in [-0.4, -0.2) is 27.0 Å². The van der Waals surface area contributed by atoms with E-state index < -0.39 is 10.0 Å². The number of hydrogen-bond donors (Lipinski definition) is 2. The lowest BCUT2D eigenvalue weighted by Gasteiger charge is -2.28. The summed E-state index contributed by atoms with van der Waals surface area (Å²) >= 11 is 0. The Kier molecular flexibility index (Phi) is 4.28. The zero-order valence-corrected chi connectivity index (χ0v) is 12.5. The van der Waals surface area contributed by atoms with Crippen LogP contribution in [0.4, 0.5) is 0 Å². The molecule has 1 aliphatic rings. The fourth-order valence-electron chi connectivity index (χ4n) is 2.52. The summed E-state index contributed by atoms with van der Waals surface area (Å²) in [5.74, 6) is 0. The smallest absolute Gasteiger partial charge is 0.241 e. The van der Waals surface area contributed by atoms with Crippen molar-refractivity contribution in [1.82, 2.24) is 10.0 Å². The Morgan fingerprint density at radius 3 is 2.74 bits per heavy atom. The van der Waals surface area contributed by atoms with Crippen molar-refractivity contribution in [3.05, 3.63) is 29.3 Å². The highest BCUT2D eigenvalue weighted by atomic mass is 32.2. The van der Waals surface area contributed by atoms with E-state index in [-0.39, 0.29) is 6.04 Å². The zero-order valence-electron chi connectivity index (χ0n) is 11.7. The van der Waals surface area contributed by atoms with Crippen LogP contribution in [0.1, 0.15) is 30.9 Å². The maximum absolute atomic E-state index is 12.4. The summed E-state index contributed by atoms with van der Waals surface area (Å²) in [4.78, 5) is 0.402. The molecule has 0 spiro atoms. The topological polar surface area (TPSA) is 58.2 Å². The summed E-state index contributed by atoms with van der Waals surface area (Å²) in [5, 5.41) is 3.32. The number of sulfonamides is 1. The fourth-order valence-corrected chi connectivity index (χ4v) is 4.13. The average Bonchev–Trinajstić information content (AvgIpc) is 2.31. The van der Waals surface area contributed by atoms with Gasteiger partial charge in [0.25, 0.3) is 0 Å². The molecule has 2 N–H and O–H groups in total. The third-order valence-electron chi connectivity index (χ3n) is 3.58. The lowest BCUT2D eigenvalue weighted by molar-refractivity contribution is 0.361. The van der Waals surface area contributed by atoms with Crippen LogP contribution < -0.4 is 10.0 Å². The number of aryl methyl sites for hydroxylation is 2. The van der Waals surface area contributed by atoms with Gasteiger partial charge in [-0.05, 0) is 57.4 Å². The first kappa shape index (κ1) is 14.5. The maximum Gasteiger partial charge on any atom is 0.241 e. The molecule has 1 aromatic carbocycles. The van der Waals surface area contributed by atoms with Gasteiger partial charge in [0.2, 0.25) is 10.0 Å².